The molecule has 3 heterocycles. The number of carbonyl (C=O) groups excluding carboxylic acids is 1. The average Bonchev–Trinajstić information content (AvgIpc) is 3.39. The van der Waals surface area contributed by atoms with Gasteiger partial charge in [0.1, 0.15) is 5.76 Å². The molecule has 0 atom stereocenters. The van der Waals surface area contributed by atoms with Crippen LogP contribution >= 0.6 is 11.6 Å². The third-order valence-corrected chi connectivity index (χ3v) is 4.79. The highest BCUT2D eigenvalue weighted by Crippen LogP contribution is 2.18. The first-order valence-electron chi connectivity index (χ1n) is 9.05. The Morgan fingerprint density at radius 3 is 2.81 bits per heavy atom. The molecule has 0 spiro atoms. The predicted octanol–water partition coefficient (Wildman–Crippen LogP) is 4.03. The Kier molecular flexibility index (Phi) is 5.27. The topological polar surface area (TPSA) is 63.3 Å². The van der Waals surface area contributed by atoms with Crippen LogP contribution in [-0.4, -0.2) is 33.7 Å². The van der Waals surface area contributed by atoms with Crippen LogP contribution < -0.4 is 5.32 Å². The van der Waals surface area contributed by atoms with Gasteiger partial charge in [0.05, 0.1) is 24.3 Å². The maximum atomic E-state index is 12.5. The van der Waals surface area contributed by atoms with Crippen LogP contribution in [0, 0.1) is 0 Å². The van der Waals surface area contributed by atoms with E-state index in [1.54, 1.807) is 23.1 Å². The van der Waals surface area contributed by atoms with E-state index in [1.807, 2.05) is 30.3 Å². The van der Waals surface area contributed by atoms with E-state index >= 15 is 0 Å². The van der Waals surface area contributed by atoms with Crippen molar-refractivity contribution in [3.05, 3.63) is 70.9 Å². The molecular weight excluding hydrogens is 364 g/mol. The molecule has 0 bridgehead atoms. The molecule has 1 amide bonds. The van der Waals surface area contributed by atoms with E-state index in [2.05, 4.69) is 15.3 Å². The van der Waals surface area contributed by atoms with Crippen molar-refractivity contribution in [2.24, 2.45) is 0 Å². The maximum absolute atomic E-state index is 12.5. The third-order valence-electron chi connectivity index (χ3n) is 4.59. The molecular formula is C20H21ClN4O2. The molecule has 7 heteroatoms. The van der Waals surface area contributed by atoms with E-state index < -0.39 is 0 Å². The predicted molar refractivity (Wildman–Crippen MR) is 104 cm³/mol. The summed E-state index contributed by atoms with van der Waals surface area (Å²) < 4.78 is 7.48. The Balaban J connectivity index is 1.39. The summed E-state index contributed by atoms with van der Waals surface area (Å²) in [6.07, 6.45) is 5.83. The fourth-order valence-corrected chi connectivity index (χ4v) is 3.45. The van der Waals surface area contributed by atoms with Crippen LogP contribution in [0.4, 0.5) is 5.69 Å². The highest BCUT2D eigenvalue weighted by Gasteiger charge is 2.16. The van der Waals surface area contributed by atoms with Crippen LogP contribution in [-0.2, 0) is 13.1 Å². The molecule has 0 unspecified atom stereocenters. The molecule has 1 aliphatic rings. The second-order valence-corrected chi connectivity index (χ2v) is 7.20. The Morgan fingerprint density at radius 2 is 2.04 bits per heavy atom. The van der Waals surface area contributed by atoms with Gasteiger partial charge in [-0.15, -0.1) is 0 Å². The Morgan fingerprint density at radius 1 is 1.19 bits per heavy atom. The number of halogens is 1. The van der Waals surface area contributed by atoms with Crippen molar-refractivity contribution >= 4 is 23.2 Å². The van der Waals surface area contributed by atoms with Crippen molar-refractivity contribution in [1.82, 2.24) is 14.7 Å². The maximum Gasteiger partial charge on any atom is 0.291 e. The molecule has 0 saturated carbocycles. The van der Waals surface area contributed by atoms with Crippen molar-refractivity contribution in [2.45, 2.75) is 25.9 Å². The van der Waals surface area contributed by atoms with Gasteiger partial charge in [-0.25, -0.2) is 0 Å². The number of nitrogens with one attached hydrogen (secondary N) is 1. The molecule has 140 valence electrons. The van der Waals surface area contributed by atoms with Gasteiger partial charge in [-0.05, 0) is 55.8 Å². The number of aromatic nitrogens is 2. The summed E-state index contributed by atoms with van der Waals surface area (Å²) in [4.78, 5) is 14.8. The van der Waals surface area contributed by atoms with Crippen LogP contribution in [0.2, 0.25) is 5.02 Å². The number of benzene rings is 1. The van der Waals surface area contributed by atoms with Crippen LogP contribution in [0.3, 0.4) is 0 Å². The summed E-state index contributed by atoms with van der Waals surface area (Å²) in [5.41, 5.74) is 1.73. The number of furan rings is 1. The molecule has 1 fully saturated rings. The zero-order chi connectivity index (χ0) is 18.6. The van der Waals surface area contributed by atoms with Crippen LogP contribution in [0.25, 0.3) is 0 Å². The second-order valence-electron chi connectivity index (χ2n) is 6.76. The van der Waals surface area contributed by atoms with E-state index in [0.29, 0.717) is 23.0 Å². The smallest absolute Gasteiger partial charge is 0.291 e. The number of hydrogen-bond donors (Lipinski definition) is 1. The van der Waals surface area contributed by atoms with Crippen LogP contribution in [0.5, 0.6) is 0 Å². The molecule has 6 nitrogen and oxygen atoms in total. The number of likely N-dealkylation sites (tertiary alicyclic amines) is 1. The van der Waals surface area contributed by atoms with Crippen molar-refractivity contribution in [3.8, 4) is 0 Å². The van der Waals surface area contributed by atoms with Gasteiger partial charge in [-0.3, -0.25) is 14.4 Å². The Hall–Kier alpha value is -2.57. The SMILES string of the molecule is O=C(Nc1cccc(Cn2cc(Cl)cn2)c1)c1ccc(CN2CCCC2)o1. The number of carbonyl (C=O) groups is 1. The summed E-state index contributed by atoms with van der Waals surface area (Å²) >= 11 is 5.90. The van der Waals surface area contributed by atoms with Gasteiger partial charge in [-0.1, -0.05) is 23.7 Å². The zero-order valence-electron chi connectivity index (χ0n) is 14.9. The molecule has 0 radical (unpaired) electrons. The third kappa shape index (κ3) is 4.59. The fourth-order valence-electron chi connectivity index (χ4n) is 3.30. The van der Waals surface area contributed by atoms with Gasteiger partial charge < -0.3 is 9.73 Å². The minimum atomic E-state index is -0.248. The number of hydrogen-bond acceptors (Lipinski definition) is 4. The number of anilines is 1. The van der Waals surface area contributed by atoms with E-state index in [4.69, 9.17) is 16.0 Å². The standard InChI is InChI=1S/C20H21ClN4O2/c21-16-11-22-25(13-16)12-15-4-3-5-17(10-15)23-20(26)19-7-6-18(27-19)14-24-8-1-2-9-24/h3-7,10-11,13H,1-2,8-9,12,14H2,(H,23,26). The van der Waals surface area contributed by atoms with Crippen molar-refractivity contribution in [1.29, 1.82) is 0 Å². The first kappa shape index (κ1) is 17.8. The Labute approximate surface area is 162 Å². The van der Waals surface area contributed by atoms with Gasteiger partial charge in [0.15, 0.2) is 5.76 Å². The van der Waals surface area contributed by atoms with E-state index in [0.717, 1.165) is 31.0 Å². The summed E-state index contributed by atoms with van der Waals surface area (Å²) in [5.74, 6) is 0.904. The number of amides is 1. The Bertz CT molecular complexity index is 927. The quantitative estimate of drug-likeness (QED) is 0.697. The lowest BCUT2D eigenvalue weighted by Crippen LogP contribution is -2.18. The molecule has 27 heavy (non-hydrogen) atoms. The second kappa shape index (κ2) is 7.98. The molecule has 4 rings (SSSR count). The highest BCUT2D eigenvalue weighted by atomic mass is 35.5. The van der Waals surface area contributed by atoms with Crippen molar-refractivity contribution in [3.63, 3.8) is 0 Å². The van der Waals surface area contributed by atoms with E-state index in [9.17, 15) is 4.79 Å². The average molecular weight is 385 g/mol. The van der Waals surface area contributed by atoms with Crippen LogP contribution in [0.1, 0.15) is 34.7 Å². The summed E-state index contributed by atoms with van der Waals surface area (Å²) in [6.45, 7) is 3.53. The van der Waals surface area contributed by atoms with Gasteiger partial charge in [0, 0.05) is 11.9 Å². The normalized spacial score (nSPS) is 14.6. The van der Waals surface area contributed by atoms with E-state index in [1.165, 1.54) is 12.8 Å². The highest BCUT2D eigenvalue weighted by molar-refractivity contribution is 6.30. The molecule has 1 aromatic carbocycles. The molecule has 3 aromatic rings. The summed E-state index contributed by atoms with van der Waals surface area (Å²) in [6, 6.07) is 11.3. The molecule has 1 saturated heterocycles. The minimum absolute atomic E-state index is 0.248. The monoisotopic (exact) mass is 384 g/mol. The fraction of sp³-hybridized carbons (Fsp3) is 0.300. The summed E-state index contributed by atoms with van der Waals surface area (Å²) in [5, 5.41) is 7.67. The zero-order valence-corrected chi connectivity index (χ0v) is 15.7. The van der Waals surface area contributed by atoms with Crippen molar-refractivity contribution < 1.29 is 9.21 Å². The van der Waals surface area contributed by atoms with Crippen molar-refractivity contribution in [2.75, 3.05) is 18.4 Å². The lowest BCUT2D eigenvalue weighted by Gasteiger charge is -2.11. The first-order chi connectivity index (χ1) is 13.2. The minimum Gasteiger partial charge on any atom is -0.455 e. The largest absolute Gasteiger partial charge is 0.455 e. The van der Waals surface area contributed by atoms with Gasteiger partial charge in [0.2, 0.25) is 0 Å². The van der Waals surface area contributed by atoms with Gasteiger partial charge in [-0.2, -0.15) is 5.10 Å². The molecule has 0 aliphatic carbocycles. The first-order valence-corrected chi connectivity index (χ1v) is 9.43. The van der Waals surface area contributed by atoms with Gasteiger partial charge >= 0.3 is 0 Å². The molecule has 1 N–H and O–H groups in total. The van der Waals surface area contributed by atoms with E-state index in [-0.39, 0.29) is 5.91 Å². The number of nitrogens with zero attached hydrogens (tertiary/aromatic N) is 3. The lowest BCUT2D eigenvalue weighted by atomic mass is 10.2. The molecule has 1 aliphatic heterocycles. The van der Waals surface area contributed by atoms with Gasteiger partial charge in [0.25, 0.3) is 5.91 Å². The number of rotatable bonds is 6. The summed E-state index contributed by atoms with van der Waals surface area (Å²) in [7, 11) is 0. The molecule has 2 aromatic heterocycles. The van der Waals surface area contributed by atoms with Crippen LogP contribution in [0.15, 0.2) is 53.2 Å². The lowest BCUT2D eigenvalue weighted by molar-refractivity contribution is 0.0993.